The van der Waals surface area contributed by atoms with Gasteiger partial charge >= 0.3 is 0 Å². The van der Waals surface area contributed by atoms with E-state index >= 15 is 0 Å². The molecule has 0 spiro atoms. The minimum Gasteiger partial charge on any atom is -0.396 e. The van der Waals surface area contributed by atoms with E-state index < -0.39 is 0 Å². The van der Waals surface area contributed by atoms with E-state index in [-0.39, 0.29) is 6.61 Å². The van der Waals surface area contributed by atoms with Crippen molar-refractivity contribution < 1.29 is 5.11 Å². The van der Waals surface area contributed by atoms with Gasteiger partial charge in [0, 0.05) is 36.3 Å². The first-order chi connectivity index (χ1) is 8.35. The van der Waals surface area contributed by atoms with E-state index in [1.54, 1.807) is 17.1 Å². The average molecular weight is 227 g/mol. The molecule has 0 unspecified atom stereocenters. The average Bonchev–Trinajstić information content (AvgIpc) is 2.74. The highest BCUT2D eigenvalue weighted by Crippen LogP contribution is 2.21. The zero-order valence-corrected chi connectivity index (χ0v) is 9.37. The molecule has 0 fully saturated rings. The van der Waals surface area contributed by atoms with Gasteiger partial charge in [0.25, 0.3) is 0 Å². The van der Waals surface area contributed by atoms with Gasteiger partial charge in [-0.1, -0.05) is 5.92 Å². The van der Waals surface area contributed by atoms with Crippen LogP contribution in [0.1, 0.15) is 5.56 Å². The molecule has 0 aliphatic heterocycles. The van der Waals surface area contributed by atoms with Crippen LogP contribution in [0.3, 0.4) is 0 Å². The van der Waals surface area contributed by atoms with E-state index in [1.165, 1.54) is 0 Å². The molecule has 2 aromatic heterocycles. The summed E-state index contributed by atoms with van der Waals surface area (Å²) in [5.74, 6) is 2.54. The Kier molecular flexibility index (Phi) is 3.53. The Balaban J connectivity index is 2.41. The third kappa shape index (κ3) is 2.52. The maximum absolute atomic E-state index is 9.04. The van der Waals surface area contributed by atoms with E-state index in [9.17, 15) is 0 Å². The zero-order chi connectivity index (χ0) is 12.1. The number of aromatic nitrogens is 3. The lowest BCUT2D eigenvalue weighted by atomic mass is 10.1. The molecule has 0 aromatic carbocycles. The summed E-state index contributed by atoms with van der Waals surface area (Å²) in [6.45, 7) is 0.531. The van der Waals surface area contributed by atoms with Crippen molar-refractivity contribution >= 4 is 0 Å². The Morgan fingerprint density at radius 1 is 1.35 bits per heavy atom. The third-order valence-electron chi connectivity index (χ3n) is 2.43. The van der Waals surface area contributed by atoms with E-state index in [2.05, 4.69) is 16.0 Å². The molecule has 0 aliphatic carbocycles. The summed E-state index contributed by atoms with van der Waals surface area (Å²) in [5, 5.41) is 13.5. The summed E-state index contributed by atoms with van der Waals surface area (Å²) in [7, 11) is 0. The second-order valence-corrected chi connectivity index (χ2v) is 3.61. The number of aliphatic hydroxyl groups is 1. The molecule has 4 heteroatoms. The van der Waals surface area contributed by atoms with Gasteiger partial charge in [0.1, 0.15) is 6.54 Å². The first-order valence-corrected chi connectivity index (χ1v) is 5.36. The van der Waals surface area contributed by atoms with Crippen molar-refractivity contribution in [3.05, 3.63) is 36.3 Å². The Morgan fingerprint density at radius 2 is 2.12 bits per heavy atom. The standard InChI is InChI=1S/C13H13N3O/c1-2-8-16-10-12(5-9-17)13(15-16)11-3-6-14-7-4-11/h1,3-4,6-7,10,17H,5,8-9H2. The smallest absolute Gasteiger partial charge is 0.101 e. The highest BCUT2D eigenvalue weighted by molar-refractivity contribution is 5.62. The van der Waals surface area contributed by atoms with Crippen molar-refractivity contribution in [3.8, 4) is 23.6 Å². The van der Waals surface area contributed by atoms with Gasteiger partial charge in [0.2, 0.25) is 0 Å². The molecule has 2 aromatic rings. The summed E-state index contributed by atoms with van der Waals surface area (Å²) >= 11 is 0. The van der Waals surface area contributed by atoms with E-state index in [4.69, 9.17) is 11.5 Å². The molecule has 17 heavy (non-hydrogen) atoms. The molecule has 0 saturated heterocycles. The van der Waals surface area contributed by atoms with Crippen LogP contribution in [-0.2, 0) is 13.0 Å². The van der Waals surface area contributed by atoms with Crippen LogP contribution >= 0.6 is 0 Å². The van der Waals surface area contributed by atoms with Gasteiger partial charge in [0.15, 0.2) is 0 Å². The number of hydrogen-bond acceptors (Lipinski definition) is 3. The highest BCUT2D eigenvalue weighted by atomic mass is 16.2. The molecular weight excluding hydrogens is 214 g/mol. The van der Waals surface area contributed by atoms with Gasteiger partial charge in [-0.3, -0.25) is 9.67 Å². The molecule has 1 N–H and O–H groups in total. The van der Waals surface area contributed by atoms with Crippen LogP contribution in [-0.4, -0.2) is 26.5 Å². The quantitative estimate of drug-likeness (QED) is 0.796. The molecule has 2 rings (SSSR count). The Labute approximate surface area is 99.9 Å². The molecule has 0 amide bonds. The van der Waals surface area contributed by atoms with Crippen LogP contribution in [0.4, 0.5) is 0 Å². The van der Waals surface area contributed by atoms with Gasteiger partial charge in [-0.25, -0.2) is 0 Å². The lowest BCUT2D eigenvalue weighted by Crippen LogP contribution is -1.95. The predicted octanol–water partition coefficient (Wildman–Crippen LogP) is 1.11. The van der Waals surface area contributed by atoms with Crippen molar-refractivity contribution in [1.82, 2.24) is 14.8 Å². The molecule has 86 valence electrons. The molecular formula is C13H13N3O. The summed E-state index contributed by atoms with van der Waals surface area (Å²) in [5.41, 5.74) is 2.84. The fourth-order valence-electron chi connectivity index (χ4n) is 1.69. The fraction of sp³-hybridized carbons (Fsp3) is 0.231. The Bertz CT molecular complexity index is 525. The highest BCUT2D eigenvalue weighted by Gasteiger charge is 2.10. The molecule has 0 saturated carbocycles. The lowest BCUT2D eigenvalue weighted by molar-refractivity contribution is 0.299. The third-order valence-corrected chi connectivity index (χ3v) is 2.43. The van der Waals surface area contributed by atoms with E-state index in [1.807, 2.05) is 18.3 Å². The number of rotatable bonds is 4. The van der Waals surface area contributed by atoms with Crippen LogP contribution in [0.15, 0.2) is 30.7 Å². The Morgan fingerprint density at radius 3 is 2.76 bits per heavy atom. The van der Waals surface area contributed by atoms with Gasteiger partial charge in [-0.05, 0) is 18.6 Å². The van der Waals surface area contributed by atoms with Crippen LogP contribution in [0.25, 0.3) is 11.3 Å². The van der Waals surface area contributed by atoms with Gasteiger partial charge in [-0.15, -0.1) is 6.42 Å². The normalized spacial score (nSPS) is 10.1. The summed E-state index contributed by atoms with van der Waals surface area (Å²) in [6.07, 6.45) is 11.2. The fourth-order valence-corrected chi connectivity index (χ4v) is 1.69. The molecule has 4 nitrogen and oxygen atoms in total. The van der Waals surface area contributed by atoms with Crippen molar-refractivity contribution in [2.75, 3.05) is 6.61 Å². The van der Waals surface area contributed by atoms with Crippen molar-refractivity contribution in [3.63, 3.8) is 0 Å². The zero-order valence-electron chi connectivity index (χ0n) is 9.37. The maximum atomic E-state index is 9.04. The number of terminal acetylenes is 1. The van der Waals surface area contributed by atoms with Crippen molar-refractivity contribution in [1.29, 1.82) is 0 Å². The minimum absolute atomic E-state index is 0.0971. The van der Waals surface area contributed by atoms with Crippen molar-refractivity contribution in [2.45, 2.75) is 13.0 Å². The largest absolute Gasteiger partial charge is 0.396 e. The monoisotopic (exact) mass is 227 g/mol. The SMILES string of the molecule is C#CCn1cc(CCO)c(-c2ccncc2)n1. The van der Waals surface area contributed by atoms with Gasteiger partial charge in [0.05, 0.1) is 5.69 Å². The first kappa shape index (κ1) is 11.4. The maximum Gasteiger partial charge on any atom is 0.101 e. The molecule has 2 heterocycles. The van der Waals surface area contributed by atoms with Crippen LogP contribution in [0, 0.1) is 12.3 Å². The minimum atomic E-state index is 0.0971. The second kappa shape index (κ2) is 5.28. The summed E-state index contributed by atoms with van der Waals surface area (Å²) in [4.78, 5) is 3.97. The summed E-state index contributed by atoms with van der Waals surface area (Å²) in [6, 6.07) is 3.78. The van der Waals surface area contributed by atoms with Crippen molar-refractivity contribution in [2.24, 2.45) is 0 Å². The summed E-state index contributed by atoms with van der Waals surface area (Å²) < 4.78 is 1.71. The van der Waals surface area contributed by atoms with Crippen LogP contribution < -0.4 is 0 Å². The predicted molar refractivity (Wildman–Crippen MR) is 65.1 cm³/mol. The van der Waals surface area contributed by atoms with Gasteiger partial charge in [-0.2, -0.15) is 5.10 Å². The molecule has 0 atom stereocenters. The van der Waals surface area contributed by atoms with E-state index in [0.717, 1.165) is 16.8 Å². The molecule has 0 radical (unpaired) electrons. The molecule has 0 aliphatic rings. The first-order valence-electron chi connectivity index (χ1n) is 5.36. The topological polar surface area (TPSA) is 50.9 Å². The number of nitrogens with zero attached hydrogens (tertiary/aromatic N) is 3. The number of hydrogen-bond donors (Lipinski definition) is 1. The Hall–Kier alpha value is -2.12. The number of aliphatic hydroxyl groups excluding tert-OH is 1. The second-order valence-electron chi connectivity index (χ2n) is 3.61. The van der Waals surface area contributed by atoms with Crippen LogP contribution in [0.5, 0.6) is 0 Å². The van der Waals surface area contributed by atoms with Crippen LogP contribution in [0.2, 0.25) is 0 Å². The number of pyridine rings is 1. The lowest BCUT2D eigenvalue weighted by Gasteiger charge is -1.99. The molecule has 0 bridgehead atoms. The van der Waals surface area contributed by atoms with Gasteiger partial charge < -0.3 is 5.11 Å². The van der Waals surface area contributed by atoms with E-state index in [0.29, 0.717) is 13.0 Å².